The van der Waals surface area contributed by atoms with Crippen LogP contribution in [0.25, 0.3) is 0 Å². The van der Waals surface area contributed by atoms with Gasteiger partial charge in [0.2, 0.25) is 5.88 Å². The van der Waals surface area contributed by atoms with Gasteiger partial charge in [-0.3, -0.25) is 0 Å². The van der Waals surface area contributed by atoms with Crippen molar-refractivity contribution in [2.75, 3.05) is 5.32 Å². The first-order valence-electron chi connectivity index (χ1n) is 7.89. The van der Waals surface area contributed by atoms with E-state index < -0.39 is 12.0 Å². The first kappa shape index (κ1) is 16.5. The van der Waals surface area contributed by atoms with E-state index in [0.717, 1.165) is 11.3 Å². The Kier molecular flexibility index (Phi) is 5.26. The molecule has 126 valence electrons. The number of ether oxygens (including phenoxy) is 1. The third-order valence-corrected chi connectivity index (χ3v) is 3.65. The first-order chi connectivity index (χ1) is 12.2. The van der Waals surface area contributed by atoms with E-state index in [9.17, 15) is 9.90 Å². The molecule has 1 aromatic heterocycles. The number of aliphatic carboxylic acids is 1. The number of nitrogens with one attached hydrogen (secondary N) is 1. The number of carbonyl (C=O) groups is 1. The van der Waals surface area contributed by atoms with E-state index in [1.54, 1.807) is 12.1 Å². The van der Waals surface area contributed by atoms with Crippen LogP contribution in [0.3, 0.4) is 0 Å². The molecule has 0 spiro atoms. The Morgan fingerprint density at radius 3 is 2.28 bits per heavy atom. The first-order valence-corrected chi connectivity index (χ1v) is 7.89. The lowest BCUT2D eigenvalue weighted by Gasteiger charge is -2.16. The highest BCUT2D eigenvalue weighted by atomic mass is 16.5. The van der Waals surface area contributed by atoms with E-state index in [0.29, 0.717) is 18.1 Å². The van der Waals surface area contributed by atoms with Crippen molar-refractivity contribution in [3.63, 3.8) is 0 Å². The van der Waals surface area contributed by atoms with Gasteiger partial charge in [0.05, 0.1) is 0 Å². The van der Waals surface area contributed by atoms with Crippen LogP contribution in [0.5, 0.6) is 5.88 Å². The third-order valence-electron chi connectivity index (χ3n) is 3.65. The van der Waals surface area contributed by atoms with Gasteiger partial charge in [0.1, 0.15) is 6.61 Å². The standard InChI is InChI=1S/C20H18N2O3/c23-20(24)19(22-17-9-5-2-6-10-17)16-11-12-18(21-13-16)25-14-15-7-3-1-4-8-15/h1-13,19,22H,14H2,(H,23,24). The lowest BCUT2D eigenvalue weighted by Crippen LogP contribution is -2.20. The van der Waals surface area contributed by atoms with Crippen molar-refractivity contribution in [1.29, 1.82) is 0 Å². The van der Waals surface area contributed by atoms with Crippen molar-refractivity contribution in [3.8, 4) is 5.88 Å². The van der Waals surface area contributed by atoms with Crippen molar-refractivity contribution < 1.29 is 14.6 Å². The van der Waals surface area contributed by atoms with E-state index in [-0.39, 0.29) is 0 Å². The Bertz CT molecular complexity index is 805. The molecule has 0 saturated heterocycles. The number of nitrogens with zero attached hydrogens (tertiary/aromatic N) is 1. The number of carboxylic acid groups (broad SMARTS) is 1. The van der Waals surface area contributed by atoms with Crippen LogP contribution >= 0.6 is 0 Å². The van der Waals surface area contributed by atoms with E-state index in [1.165, 1.54) is 6.20 Å². The van der Waals surface area contributed by atoms with Crippen molar-refractivity contribution in [2.24, 2.45) is 0 Å². The monoisotopic (exact) mass is 334 g/mol. The fourth-order valence-electron chi connectivity index (χ4n) is 2.37. The predicted octanol–water partition coefficient (Wildman–Crippen LogP) is 3.90. The molecule has 2 aromatic carbocycles. The number of carboxylic acids is 1. The Labute approximate surface area is 145 Å². The van der Waals surface area contributed by atoms with Crippen molar-refractivity contribution in [3.05, 3.63) is 90.1 Å². The Balaban J connectivity index is 1.67. The minimum absolute atomic E-state index is 0.414. The van der Waals surface area contributed by atoms with Crippen LogP contribution in [-0.4, -0.2) is 16.1 Å². The minimum Gasteiger partial charge on any atom is -0.479 e. The normalized spacial score (nSPS) is 11.5. The van der Waals surface area contributed by atoms with Gasteiger partial charge in [-0.05, 0) is 23.8 Å². The average Bonchev–Trinajstić information content (AvgIpc) is 2.66. The highest BCUT2D eigenvalue weighted by Crippen LogP contribution is 2.21. The zero-order valence-electron chi connectivity index (χ0n) is 13.5. The topological polar surface area (TPSA) is 71.5 Å². The SMILES string of the molecule is O=C(O)C(Nc1ccccc1)c1ccc(OCc2ccccc2)nc1. The molecule has 0 aliphatic heterocycles. The number of hydrogen-bond donors (Lipinski definition) is 2. The summed E-state index contributed by atoms with van der Waals surface area (Å²) in [6.07, 6.45) is 1.52. The molecule has 3 rings (SSSR count). The number of benzene rings is 2. The summed E-state index contributed by atoms with van der Waals surface area (Å²) in [7, 11) is 0. The third kappa shape index (κ3) is 4.57. The van der Waals surface area contributed by atoms with Crippen LogP contribution in [0.4, 0.5) is 5.69 Å². The molecule has 5 nitrogen and oxygen atoms in total. The number of hydrogen-bond acceptors (Lipinski definition) is 4. The molecule has 0 amide bonds. The van der Waals surface area contributed by atoms with Crippen LogP contribution in [-0.2, 0) is 11.4 Å². The molecule has 2 N–H and O–H groups in total. The van der Waals surface area contributed by atoms with E-state index in [2.05, 4.69) is 10.3 Å². The van der Waals surface area contributed by atoms with Crippen LogP contribution < -0.4 is 10.1 Å². The number of para-hydroxylation sites is 1. The lowest BCUT2D eigenvalue weighted by atomic mass is 10.1. The maximum absolute atomic E-state index is 11.6. The molecule has 0 saturated carbocycles. The zero-order valence-corrected chi connectivity index (χ0v) is 13.5. The summed E-state index contributed by atoms with van der Waals surface area (Å²) in [4.78, 5) is 15.8. The molecule has 3 aromatic rings. The lowest BCUT2D eigenvalue weighted by molar-refractivity contribution is -0.138. The maximum Gasteiger partial charge on any atom is 0.330 e. The van der Waals surface area contributed by atoms with Gasteiger partial charge in [-0.15, -0.1) is 0 Å². The van der Waals surface area contributed by atoms with E-state index in [1.807, 2.05) is 60.7 Å². The predicted molar refractivity (Wildman–Crippen MR) is 95.5 cm³/mol. The molecule has 0 aliphatic carbocycles. The van der Waals surface area contributed by atoms with Gasteiger partial charge < -0.3 is 15.2 Å². The van der Waals surface area contributed by atoms with Gasteiger partial charge in [-0.25, -0.2) is 9.78 Å². The van der Waals surface area contributed by atoms with Gasteiger partial charge in [-0.2, -0.15) is 0 Å². The molecule has 25 heavy (non-hydrogen) atoms. The van der Waals surface area contributed by atoms with E-state index in [4.69, 9.17) is 4.74 Å². The van der Waals surface area contributed by atoms with Crippen molar-refractivity contribution >= 4 is 11.7 Å². The molecular weight excluding hydrogens is 316 g/mol. The molecule has 1 unspecified atom stereocenters. The summed E-state index contributed by atoms with van der Waals surface area (Å²) < 4.78 is 5.63. The van der Waals surface area contributed by atoms with Crippen LogP contribution in [0.1, 0.15) is 17.2 Å². The van der Waals surface area contributed by atoms with Gasteiger partial charge in [-0.1, -0.05) is 48.5 Å². The molecule has 1 atom stereocenters. The van der Waals surface area contributed by atoms with Gasteiger partial charge >= 0.3 is 5.97 Å². The summed E-state index contributed by atoms with van der Waals surface area (Å²) >= 11 is 0. The summed E-state index contributed by atoms with van der Waals surface area (Å²) in [5, 5.41) is 12.5. The van der Waals surface area contributed by atoms with Crippen LogP contribution in [0, 0.1) is 0 Å². The zero-order chi connectivity index (χ0) is 17.5. The largest absolute Gasteiger partial charge is 0.479 e. The second-order valence-corrected chi connectivity index (χ2v) is 5.49. The molecule has 0 aliphatic rings. The Morgan fingerprint density at radius 1 is 1.00 bits per heavy atom. The molecular formula is C20H18N2O3. The Hall–Kier alpha value is -3.34. The number of aromatic nitrogens is 1. The maximum atomic E-state index is 11.6. The highest BCUT2D eigenvalue weighted by Gasteiger charge is 2.20. The van der Waals surface area contributed by atoms with Gasteiger partial charge in [0.15, 0.2) is 6.04 Å². The summed E-state index contributed by atoms with van der Waals surface area (Å²) in [6, 6.07) is 21.5. The summed E-state index contributed by atoms with van der Waals surface area (Å²) in [5.74, 6) is -0.514. The minimum atomic E-state index is -0.969. The van der Waals surface area contributed by atoms with Gasteiger partial charge in [0, 0.05) is 23.5 Å². The number of rotatable bonds is 7. The average molecular weight is 334 g/mol. The van der Waals surface area contributed by atoms with Crippen LogP contribution in [0.2, 0.25) is 0 Å². The second-order valence-electron chi connectivity index (χ2n) is 5.49. The summed E-state index contributed by atoms with van der Waals surface area (Å²) in [6.45, 7) is 0.414. The number of pyridine rings is 1. The smallest absolute Gasteiger partial charge is 0.330 e. The molecule has 1 heterocycles. The molecule has 0 bridgehead atoms. The number of anilines is 1. The molecule has 5 heteroatoms. The van der Waals surface area contributed by atoms with Gasteiger partial charge in [0.25, 0.3) is 0 Å². The van der Waals surface area contributed by atoms with Crippen molar-refractivity contribution in [1.82, 2.24) is 4.98 Å². The summed E-state index contributed by atoms with van der Waals surface area (Å²) in [5.41, 5.74) is 2.34. The Morgan fingerprint density at radius 2 is 1.68 bits per heavy atom. The van der Waals surface area contributed by atoms with Crippen LogP contribution in [0.15, 0.2) is 79.0 Å². The fourth-order valence-corrected chi connectivity index (χ4v) is 2.37. The molecule has 0 fully saturated rings. The quantitative estimate of drug-likeness (QED) is 0.686. The van der Waals surface area contributed by atoms with E-state index >= 15 is 0 Å². The fraction of sp³-hybridized carbons (Fsp3) is 0.100. The highest BCUT2D eigenvalue weighted by molar-refractivity contribution is 5.79. The van der Waals surface area contributed by atoms with Crippen molar-refractivity contribution in [2.45, 2.75) is 12.6 Å². The molecule has 0 radical (unpaired) electrons. The second kappa shape index (κ2) is 7.97.